The van der Waals surface area contributed by atoms with E-state index in [4.69, 9.17) is 23.3 Å². The van der Waals surface area contributed by atoms with E-state index >= 15 is 0 Å². The van der Waals surface area contributed by atoms with E-state index in [-0.39, 0.29) is 11.8 Å². The molecule has 1 aromatic rings. The first-order chi connectivity index (χ1) is 8.65. The van der Waals surface area contributed by atoms with Crippen LogP contribution in [0, 0.1) is 28.9 Å². The lowest BCUT2D eigenvalue weighted by atomic mass is 10.1. The number of halogens is 1. The Balaban J connectivity index is 2.28. The van der Waals surface area contributed by atoms with Gasteiger partial charge in [0.2, 0.25) is 5.91 Å². The molecule has 1 atom stereocenters. The fraction of sp³-hybridized carbons (Fsp3) is 0.231. The maximum absolute atomic E-state index is 11.8. The Hall–Kier alpha value is -1.62. The van der Waals surface area contributed by atoms with Crippen molar-refractivity contribution in [1.82, 2.24) is 0 Å². The van der Waals surface area contributed by atoms with Crippen molar-refractivity contribution in [2.45, 2.75) is 11.3 Å². The van der Waals surface area contributed by atoms with E-state index in [0.717, 1.165) is 16.7 Å². The van der Waals surface area contributed by atoms with Gasteiger partial charge in [-0.2, -0.15) is 5.26 Å². The molecule has 1 amide bonds. The summed E-state index contributed by atoms with van der Waals surface area (Å²) in [7, 11) is 0. The van der Waals surface area contributed by atoms with Crippen molar-refractivity contribution in [1.29, 1.82) is 5.26 Å². The number of thiocyanates is 1. The number of rotatable bonds is 2. The molecule has 1 saturated heterocycles. The second kappa shape index (κ2) is 5.35. The summed E-state index contributed by atoms with van der Waals surface area (Å²) in [5.41, 5.74) is 0.654. The molecule has 0 N–H and O–H groups in total. The van der Waals surface area contributed by atoms with E-state index in [0.29, 0.717) is 23.7 Å². The Kier molecular flexibility index (Phi) is 3.81. The first-order valence-electron chi connectivity index (χ1n) is 5.27. The highest BCUT2D eigenvalue weighted by molar-refractivity contribution is 8.03. The number of hydrogen-bond acceptors (Lipinski definition) is 3. The number of anilines is 1. The molecule has 0 aromatic heterocycles. The van der Waals surface area contributed by atoms with Gasteiger partial charge in [0.15, 0.2) is 0 Å². The summed E-state index contributed by atoms with van der Waals surface area (Å²) >= 11 is 7.16. The summed E-state index contributed by atoms with van der Waals surface area (Å²) in [6.07, 6.45) is 5.70. The zero-order valence-electron chi connectivity index (χ0n) is 9.39. The molecule has 3 nitrogen and oxygen atoms in total. The summed E-state index contributed by atoms with van der Waals surface area (Å²) in [4.78, 5) is 14.2. The lowest BCUT2D eigenvalue weighted by molar-refractivity contribution is -0.117. The van der Waals surface area contributed by atoms with Crippen LogP contribution in [0.1, 0.15) is 6.42 Å². The van der Waals surface area contributed by atoms with Crippen molar-refractivity contribution in [3.05, 3.63) is 23.2 Å². The van der Waals surface area contributed by atoms with Crippen molar-refractivity contribution in [3.8, 4) is 17.7 Å². The average molecular weight is 277 g/mol. The van der Waals surface area contributed by atoms with Crippen LogP contribution in [-0.2, 0) is 4.79 Å². The molecule has 90 valence electrons. The third kappa shape index (κ3) is 2.46. The SMILES string of the molecule is C#CC1CC(=O)N(c2ccc(SC#N)cc2Cl)C1. The van der Waals surface area contributed by atoms with Crippen LogP contribution in [0.25, 0.3) is 0 Å². The number of carbonyl (C=O) groups is 1. The predicted octanol–water partition coefficient (Wildman–Crippen LogP) is 2.90. The van der Waals surface area contributed by atoms with Gasteiger partial charge < -0.3 is 4.90 Å². The number of nitrogens with zero attached hydrogens (tertiary/aromatic N) is 2. The number of benzene rings is 1. The molecule has 1 aromatic carbocycles. The van der Waals surface area contributed by atoms with Crippen LogP contribution in [0.4, 0.5) is 5.69 Å². The molecule has 1 heterocycles. The molecule has 0 spiro atoms. The van der Waals surface area contributed by atoms with Crippen LogP contribution in [-0.4, -0.2) is 12.5 Å². The fourth-order valence-corrected chi connectivity index (χ4v) is 2.64. The number of amides is 1. The van der Waals surface area contributed by atoms with E-state index in [2.05, 4.69) is 5.92 Å². The first kappa shape index (κ1) is 12.8. The third-order valence-electron chi connectivity index (χ3n) is 2.73. The van der Waals surface area contributed by atoms with Gasteiger partial charge >= 0.3 is 0 Å². The van der Waals surface area contributed by atoms with Gasteiger partial charge in [-0.15, -0.1) is 12.3 Å². The molecule has 1 aliphatic rings. The van der Waals surface area contributed by atoms with Crippen molar-refractivity contribution < 1.29 is 4.79 Å². The Morgan fingerprint density at radius 3 is 2.89 bits per heavy atom. The lowest BCUT2D eigenvalue weighted by Crippen LogP contribution is -2.24. The van der Waals surface area contributed by atoms with Gasteiger partial charge in [-0.25, -0.2) is 0 Å². The summed E-state index contributed by atoms with van der Waals surface area (Å²) in [6.45, 7) is 0.500. The molecule has 1 fully saturated rings. The highest BCUT2D eigenvalue weighted by Gasteiger charge is 2.30. The highest BCUT2D eigenvalue weighted by Crippen LogP contribution is 2.33. The van der Waals surface area contributed by atoms with Crippen LogP contribution in [0.15, 0.2) is 23.1 Å². The Morgan fingerprint density at radius 1 is 1.56 bits per heavy atom. The zero-order chi connectivity index (χ0) is 13.1. The maximum Gasteiger partial charge on any atom is 0.228 e. The standard InChI is InChI=1S/C13H9ClN2OS/c1-2-9-5-13(17)16(7-9)12-4-3-10(18-8-15)6-11(12)14/h1,3-4,6,9H,5,7H2. The summed E-state index contributed by atoms with van der Waals surface area (Å²) in [5, 5.41) is 11.0. The number of nitriles is 1. The molecule has 18 heavy (non-hydrogen) atoms. The first-order valence-corrected chi connectivity index (χ1v) is 6.47. The van der Waals surface area contributed by atoms with Gasteiger partial charge in [0, 0.05) is 23.8 Å². The molecular weight excluding hydrogens is 268 g/mol. The second-order valence-electron chi connectivity index (χ2n) is 3.88. The highest BCUT2D eigenvalue weighted by atomic mass is 35.5. The van der Waals surface area contributed by atoms with Crippen LogP contribution >= 0.6 is 23.4 Å². The normalized spacial score (nSPS) is 18.5. The Morgan fingerprint density at radius 2 is 2.33 bits per heavy atom. The number of hydrogen-bond donors (Lipinski definition) is 0. The fourth-order valence-electron chi connectivity index (χ4n) is 1.87. The van der Waals surface area contributed by atoms with Crippen molar-refractivity contribution in [2.24, 2.45) is 5.92 Å². The van der Waals surface area contributed by atoms with E-state index in [1.54, 1.807) is 23.1 Å². The van der Waals surface area contributed by atoms with Gasteiger partial charge in [0.1, 0.15) is 5.40 Å². The Bertz CT molecular complexity index is 573. The molecular formula is C13H9ClN2OS. The number of terminal acetylenes is 1. The zero-order valence-corrected chi connectivity index (χ0v) is 11.0. The van der Waals surface area contributed by atoms with E-state index in [1.807, 2.05) is 5.40 Å². The van der Waals surface area contributed by atoms with E-state index in [9.17, 15) is 4.79 Å². The minimum atomic E-state index is -0.0540. The van der Waals surface area contributed by atoms with E-state index in [1.165, 1.54) is 0 Å². The van der Waals surface area contributed by atoms with Crippen LogP contribution in [0.3, 0.4) is 0 Å². The topological polar surface area (TPSA) is 44.1 Å². The predicted molar refractivity (Wildman–Crippen MR) is 72.2 cm³/mol. The van der Waals surface area contributed by atoms with E-state index < -0.39 is 0 Å². The van der Waals surface area contributed by atoms with Crippen molar-refractivity contribution >= 4 is 35.0 Å². The summed E-state index contributed by atoms with van der Waals surface area (Å²) in [6, 6.07) is 5.20. The second-order valence-corrected chi connectivity index (χ2v) is 5.14. The molecule has 2 rings (SSSR count). The van der Waals surface area contributed by atoms with Crippen LogP contribution in [0.2, 0.25) is 5.02 Å². The maximum atomic E-state index is 11.8. The smallest absolute Gasteiger partial charge is 0.228 e. The van der Waals surface area contributed by atoms with Gasteiger partial charge in [-0.1, -0.05) is 11.6 Å². The lowest BCUT2D eigenvalue weighted by Gasteiger charge is -2.17. The molecule has 0 bridgehead atoms. The quantitative estimate of drug-likeness (QED) is 0.474. The third-order valence-corrected chi connectivity index (χ3v) is 3.62. The summed E-state index contributed by atoms with van der Waals surface area (Å²) in [5.74, 6) is 2.53. The van der Waals surface area contributed by atoms with Gasteiger partial charge in [0.05, 0.1) is 10.7 Å². The molecule has 0 radical (unpaired) electrons. The van der Waals surface area contributed by atoms with Gasteiger partial charge in [0.25, 0.3) is 0 Å². The molecule has 0 saturated carbocycles. The minimum absolute atomic E-state index is 0.0134. The van der Waals surface area contributed by atoms with Crippen molar-refractivity contribution in [3.63, 3.8) is 0 Å². The van der Waals surface area contributed by atoms with Gasteiger partial charge in [-0.05, 0) is 30.0 Å². The monoisotopic (exact) mass is 276 g/mol. The molecule has 1 unspecified atom stereocenters. The average Bonchev–Trinajstić information content (AvgIpc) is 2.71. The Labute approximate surface area is 115 Å². The minimum Gasteiger partial charge on any atom is -0.310 e. The molecule has 1 aliphatic heterocycles. The van der Waals surface area contributed by atoms with Gasteiger partial charge in [-0.3, -0.25) is 4.79 Å². The molecule has 5 heteroatoms. The van der Waals surface area contributed by atoms with Crippen LogP contribution < -0.4 is 4.90 Å². The van der Waals surface area contributed by atoms with Crippen molar-refractivity contribution in [2.75, 3.05) is 11.4 Å². The summed E-state index contributed by atoms with van der Waals surface area (Å²) < 4.78 is 0. The van der Waals surface area contributed by atoms with Crippen LogP contribution in [0.5, 0.6) is 0 Å². The largest absolute Gasteiger partial charge is 0.310 e. The number of thioether (sulfide) groups is 1. The molecule has 0 aliphatic carbocycles. The number of carbonyl (C=O) groups excluding carboxylic acids is 1.